The van der Waals surface area contributed by atoms with Gasteiger partial charge in [0.2, 0.25) is 0 Å². The molecule has 1 N–H and O–H groups in total. The highest BCUT2D eigenvalue weighted by molar-refractivity contribution is 8.23. The number of thiocarbonyl (C=S) groups is 1. The van der Waals surface area contributed by atoms with E-state index in [-0.39, 0.29) is 5.91 Å². The number of hydrazine groups is 1. The maximum Gasteiger partial charge on any atom is 0.253 e. The Labute approximate surface area is 95.4 Å². The average molecular weight is 244 g/mol. The molecule has 0 unspecified atom stereocenters. The molecule has 0 aliphatic carbocycles. The number of carbonyl (C=O) groups excluding carboxylic acids is 1. The van der Waals surface area contributed by atoms with Crippen LogP contribution in [-0.4, -0.2) is 21.0 Å². The summed E-state index contributed by atoms with van der Waals surface area (Å²) in [5.74, 6) is 0.493. The molecule has 0 spiro atoms. The SMILES string of the molecule is O=C1CSC(=S)N1NCc1cccs1. The van der Waals surface area contributed by atoms with E-state index < -0.39 is 0 Å². The van der Waals surface area contributed by atoms with Crippen molar-refractivity contribution in [2.24, 2.45) is 0 Å². The van der Waals surface area contributed by atoms with Gasteiger partial charge in [-0.2, -0.15) is 0 Å². The summed E-state index contributed by atoms with van der Waals surface area (Å²) in [7, 11) is 0. The molecule has 14 heavy (non-hydrogen) atoms. The summed E-state index contributed by atoms with van der Waals surface area (Å²) in [6, 6.07) is 4.01. The van der Waals surface area contributed by atoms with Crippen LogP contribution >= 0.6 is 35.3 Å². The lowest BCUT2D eigenvalue weighted by Gasteiger charge is -2.15. The summed E-state index contributed by atoms with van der Waals surface area (Å²) in [6.45, 7) is 0.657. The van der Waals surface area contributed by atoms with Crippen molar-refractivity contribution in [1.29, 1.82) is 0 Å². The fourth-order valence-electron chi connectivity index (χ4n) is 1.08. The van der Waals surface area contributed by atoms with E-state index in [1.807, 2.05) is 17.5 Å². The molecule has 1 aliphatic heterocycles. The summed E-state index contributed by atoms with van der Waals surface area (Å²) < 4.78 is 0.617. The molecule has 0 radical (unpaired) electrons. The standard InChI is InChI=1S/C8H8N2OS3/c11-7-5-14-8(12)10(7)9-4-6-2-1-3-13-6/h1-3,9H,4-5H2. The zero-order chi connectivity index (χ0) is 9.97. The van der Waals surface area contributed by atoms with E-state index >= 15 is 0 Å². The number of thioether (sulfide) groups is 1. The second-order valence-electron chi connectivity index (χ2n) is 2.70. The van der Waals surface area contributed by atoms with Crippen LogP contribution in [-0.2, 0) is 11.3 Å². The van der Waals surface area contributed by atoms with Gasteiger partial charge in [-0.25, -0.2) is 10.4 Å². The molecule has 6 heteroatoms. The topological polar surface area (TPSA) is 32.3 Å². The van der Waals surface area contributed by atoms with Crippen molar-refractivity contribution < 1.29 is 4.79 Å². The van der Waals surface area contributed by atoms with E-state index in [4.69, 9.17) is 12.2 Å². The molecule has 1 aromatic heterocycles. The Bertz CT molecular complexity index is 333. The third-order valence-corrected chi connectivity index (χ3v) is 3.98. The van der Waals surface area contributed by atoms with Crippen molar-refractivity contribution in [3.63, 3.8) is 0 Å². The van der Waals surface area contributed by atoms with Crippen LogP contribution in [0.15, 0.2) is 17.5 Å². The maximum atomic E-state index is 11.3. The average Bonchev–Trinajstić information content (AvgIpc) is 2.76. The Morgan fingerprint density at radius 2 is 2.50 bits per heavy atom. The monoisotopic (exact) mass is 244 g/mol. The number of nitrogens with zero attached hydrogens (tertiary/aromatic N) is 1. The minimum atomic E-state index is 0.0385. The fourth-order valence-corrected chi connectivity index (χ4v) is 2.73. The van der Waals surface area contributed by atoms with Gasteiger partial charge in [0.1, 0.15) is 0 Å². The van der Waals surface area contributed by atoms with E-state index in [1.165, 1.54) is 21.6 Å². The molecule has 1 aliphatic rings. The first kappa shape index (κ1) is 10.1. The van der Waals surface area contributed by atoms with Gasteiger partial charge in [0, 0.05) is 4.88 Å². The molecular weight excluding hydrogens is 236 g/mol. The van der Waals surface area contributed by atoms with Crippen LogP contribution in [0.1, 0.15) is 4.88 Å². The summed E-state index contributed by atoms with van der Waals surface area (Å²) in [6.07, 6.45) is 0. The number of carbonyl (C=O) groups is 1. The Morgan fingerprint density at radius 3 is 3.07 bits per heavy atom. The minimum absolute atomic E-state index is 0.0385. The van der Waals surface area contributed by atoms with Gasteiger partial charge in [-0.15, -0.1) is 11.3 Å². The quantitative estimate of drug-likeness (QED) is 0.819. The van der Waals surface area contributed by atoms with Gasteiger partial charge in [0.25, 0.3) is 5.91 Å². The normalized spacial score (nSPS) is 16.7. The van der Waals surface area contributed by atoms with Crippen molar-refractivity contribution >= 4 is 45.5 Å². The van der Waals surface area contributed by atoms with Crippen LogP contribution in [0, 0.1) is 0 Å². The van der Waals surface area contributed by atoms with Crippen molar-refractivity contribution in [2.75, 3.05) is 5.75 Å². The summed E-state index contributed by atoms with van der Waals surface area (Å²) in [4.78, 5) is 12.5. The highest BCUT2D eigenvalue weighted by atomic mass is 32.2. The number of hydrogen-bond donors (Lipinski definition) is 1. The fraction of sp³-hybridized carbons (Fsp3) is 0.250. The lowest BCUT2D eigenvalue weighted by Crippen LogP contribution is -2.40. The van der Waals surface area contributed by atoms with E-state index in [1.54, 1.807) is 11.3 Å². The second kappa shape index (κ2) is 4.39. The van der Waals surface area contributed by atoms with Crippen molar-refractivity contribution in [1.82, 2.24) is 10.4 Å². The van der Waals surface area contributed by atoms with E-state index in [0.717, 1.165) is 0 Å². The molecule has 0 atom stereocenters. The molecule has 1 fully saturated rings. The predicted octanol–water partition coefficient (Wildman–Crippen LogP) is 1.61. The van der Waals surface area contributed by atoms with Gasteiger partial charge >= 0.3 is 0 Å². The lowest BCUT2D eigenvalue weighted by atomic mass is 10.5. The third kappa shape index (κ3) is 2.14. The van der Waals surface area contributed by atoms with Crippen LogP contribution in [0.3, 0.4) is 0 Å². The van der Waals surface area contributed by atoms with Crippen molar-refractivity contribution in [3.05, 3.63) is 22.4 Å². The van der Waals surface area contributed by atoms with Gasteiger partial charge in [-0.3, -0.25) is 4.79 Å². The first-order valence-corrected chi connectivity index (χ1v) is 6.30. The van der Waals surface area contributed by atoms with Gasteiger partial charge in [-0.05, 0) is 11.4 Å². The van der Waals surface area contributed by atoms with Crippen LogP contribution in [0.25, 0.3) is 0 Å². The van der Waals surface area contributed by atoms with Crippen LogP contribution in [0.5, 0.6) is 0 Å². The van der Waals surface area contributed by atoms with E-state index in [0.29, 0.717) is 16.6 Å². The number of thiophene rings is 1. The number of hydrogen-bond acceptors (Lipinski definition) is 5. The van der Waals surface area contributed by atoms with Crippen LogP contribution in [0.2, 0.25) is 0 Å². The van der Waals surface area contributed by atoms with Crippen LogP contribution in [0.4, 0.5) is 0 Å². The number of amides is 1. The third-order valence-electron chi connectivity index (χ3n) is 1.74. The minimum Gasteiger partial charge on any atom is -0.272 e. The van der Waals surface area contributed by atoms with Gasteiger partial charge in [0.05, 0.1) is 12.3 Å². The number of rotatable bonds is 3. The molecule has 2 heterocycles. The van der Waals surface area contributed by atoms with Gasteiger partial charge in [-0.1, -0.05) is 30.0 Å². The molecule has 0 saturated carbocycles. The Morgan fingerprint density at radius 1 is 1.64 bits per heavy atom. The van der Waals surface area contributed by atoms with Crippen molar-refractivity contribution in [3.8, 4) is 0 Å². The van der Waals surface area contributed by atoms with Gasteiger partial charge < -0.3 is 0 Å². The molecule has 1 aromatic rings. The summed E-state index contributed by atoms with van der Waals surface area (Å²) in [5.41, 5.74) is 3.02. The lowest BCUT2D eigenvalue weighted by molar-refractivity contribution is -0.126. The van der Waals surface area contributed by atoms with E-state index in [2.05, 4.69) is 5.43 Å². The Balaban J connectivity index is 1.92. The zero-order valence-electron chi connectivity index (χ0n) is 7.23. The first-order chi connectivity index (χ1) is 6.77. The molecule has 1 amide bonds. The highest BCUT2D eigenvalue weighted by Crippen LogP contribution is 2.17. The van der Waals surface area contributed by atoms with Gasteiger partial charge in [0.15, 0.2) is 4.32 Å². The molecule has 74 valence electrons. The highest BCUT2D eigenvalue weighted by Gasteiger charge is 2.26. The first-order valence-electron chi connectivity index (χ1n) is 4.03. The smallest absolute Gasteiger partial charge is 0.253 e. The zero-order valence-corrected chi connectivity index (χ0v) is 9.68. The Kier molecular flexibility index (Phi) is 3.17. The molecule has 1 saturated heterocycles. The van der Waals surface area contributed by atoms with Crippen LogP contribution < -0.4 is 5.43 Å². The number of nitrogens with one attached hydrogen (secondary N) is 1. The second-order valence-corrected chi connectivity index (χ2v) is 5.34. The molecule has 0 aromatic carbocycles. The predicted molar refractivity (Wildman–Crippen MR) is 63.1 cm³/mol. The Hall–Kier alpha value is -0.430. The van der Waals surface area contributed by atoms with E-state index in [9.17, 15) is 4.79 Å². The molecule has 0 bridgehead atoms. The molecule has 3 nitrogen and oxygen atoms in total. The van der Waals surface area contributed by atoms with Crippen molar-refractivity contribution in [2.45, 2.75) is 6.54 Å². The molecular formula is C8H8N2OS3. The molecule has 2 rings (SSSR count). The maximum absolute atomic E-state index is 11.3. The summed E-state index contributed by atoms with van der Waals surface area (Å²) >= 11 is 8.08. The largest absolute Gasteiger partial charge is 0.272 e. The summed E-state index contributed by atoms with van der Waals surface area (Å²) in [5, 5.41) is 3.47.